The van der Waals surface area contributed by atoms with Crippen molar-refractivity contribution in [2.75, 3.05) is 6.54 Å². The number of hydrogen-bond acceptors (Lipinski definition) is 2. The Morgan fingerprint density at radius 2 is 1.90 bits per heavy atom. The van der Waals surface area contributed by atoms with E-state index in [1.165, 1.54) is 12.1 Å². The Bertz CT molecular complexity index is 628. The first-order valence-electron chi connectivity index (χ1n) is 6.37. The summed E-state index contributed by atoms with van der Waals surface area (Å²) in [7, 11) is 0. The molecule has 2 aromatic rings. The highest BCUT2D eigenvalue weighted by Crippen LogP contribution is 2.21. The van der Waals surface area contributed by atoms with Crippen LogP contribution in [0, 0.1) is 5.82 Å². The zero-order chi connectivity index (χ0) is 14.5. The van der Waals surface area contributed by atoms with Crippen LogP contribution in [0.25, 0.3) is 0 Å². The van der Waals surface area contributed by atoms with E-state index in [2.05, 4.69) is 15.9 Å². The lowest BCUT2D eigenvalue weighted by molar-refractivity contribution is 0.0992. The molecule has 4 heteroatoms. The summed E-state index contributed by atoms with van der Waals surface area (Å²) in [6.07, 6.45) is 0.912. The van der Waals surface area contributed by atoms with Crippen molar-refractivity contribution in [1.82, 2.24) is 0 Å². The first kappa shape index (κ1) is 14.9. The maximum Gasteiger partial charge on any atom is 0.167 e. The van der Waals surface area contributed by atoms with Crippen LogP contribution in [0.4, 0.5) is 4.39 Å². The second-order valence-electron chi connectivity index (χ2n) is 4.53. The molecular weight excluding hydrogens is 321 g/mol. The number of benzene rings is 2. The van der Waals surface area contributed by atoms with Crippen molar-refractivity contribution < 1.29 is 9.18 Å². The molecule has 20 heavy (non-hydrogen) atoms. The molecule has 0 heterocycles. The lowest BCUT2D eigenvalue weighted by Crippen LogP contribution is -2.11. The fourth-order valence-electron chi connectivity index (χ4n) is 2.10. The second kappa shape index (κ2) is 6.77. The molecule has 2 nitrogen and oxygen atoms in total. The molecule has 0 amide bonds. The number of Topliss-reactive ketones (excluding diaryl/α,β-unsaturated/α-hetero) is 1. The zero-order valence-electron chi connectivity index (χ0n) is 10.9. The van der Waals surface area contributed by atoms with Gasteiger partial charge in [-0.05, 0) is 36.2 Å². The van der Waals surface area contributed by atoms with Gasteiger partial charge in [0, 0.05) is 16.5 Å². The topological polar surface area (TPSA) is 43.1 Å². The van der Waals surface area contributed by atoms with E-state index in [-0.39, 0.29) is 18.0 Å². The van der Waals surface area contributed by atoms with Gasteiger partial charge in [0.2, 0.25) is 0 Å². The van der Waals surface area contributed by atoms with Crippen LogP contribution in [0.15, 0.2) is 46.9 Å². The third-order valence-electron chi connectivity index (χ3n) is 3.10. The summed E-state index contributed by atoms with van der Waals surface area (Å²) in [5.74, 6) is -0.307. The van der Waals surface area contributed by atoms with E-state index in [0.29, 0.717) is 23.0 Å². The summed E-state index contributed by atoms with van der Waals surface area (Å²) >= 11 is 3.29. The van der Waals surface area contributed by atoms with Gasteiger partial charge >= 0.3 is 0 Å². The lowest BCUT2D eigenvalue weighted by atomic mass is 9.97. The number of rotatable bonds is 5. The Kier molecular flexibility index (Phi) is 5.04. The smallest absolute Gasteiger partial charge is 0.167 e. The van der Waals surface area contributed by atoms with Gasteiger partial charge < -0.3 is 5.73 Å². The molecule has 0 fully saturated rings. The molecule has 0 aromatic heterocycles. The van der Waals surface area contributed by atoms with E-state index in [9.17, 15) is 9.18 Å². The van der Waals surface area contributed by atoms with E-state index in [1.54, 1.807) is 6.07 Å². The molecule has 0 atom stereocenters. The molecule has 0 unspecified atom stereocenters. The Labute approximate surface area is 125 Å². The average molecular weight is 336 g/mol. The van der Waals surface area contributed by atoms with Crippen LogP contribution >= 0.6 is 15.9 Å². The summed E-state index contributed by atoms with van der Waals surface area (Å²) in [6.45, 7) is 0.505. The first-order chi connectivity index (χ1) is 9.61. The van der Waals surface area contributed by atoms with Crippen molar-refractivity contribution in [2.45, 2.75) is 12.8 Å². The van der Waals surface area contributed by atoms with Crippen LogP contribution in [0.1, 0.15) is 21.5 Å². The summed E-state index contributed by atoms with van der Waals surface area (Å²) in [6, 6.07) is 11.8. The molecule has 0 saturated carbocycles. The van der Waals surface area contributed by atoms with Gasteiger partial charge in [0.25, 0.3) is 0 Å². The Morgan fingerprint density at radius 1 is 1.15 bits per heavy atom. The van der Waals surface area contributed by atoms with E-state index >= 15 is 0 Å². The van der Waals surface area contributed by atoms with Gasteiger partial charge in [-0.2, -0.15) is 0 Å². The van der Waals surface area contributed by atoms with Crippen LogP contribution in [0.2, 0.25) is 0 Å². The van der Waals surface area contributed by atoms with Gasteiger partial charge in [0.05, 0.1) is 0 Å². The molecule has 2 rings (SSSR count). The fourth-order valence-corrected chi connectivity index (χ4v) is 2.59. The minimum Gasteiger partial charge on any atom is -0.330 e. The van der Waals surface area contributed by atoms with Crippen molar-refractivity contribution >= 4 is 21.7 Å². The Balaban J connectivity index is 2.24. The highest BCUT2D eigenvalue weighted by atomic mass is 79.9. The van der Waals surface area contributed by atoms with Gasteiger partial charge in [-0.1, -0.05) is 46.3 Å². The Hall–Kier alpha value is -1.52. The number of carbonyl (C=O) groups excluding carboxylic acids is 1. The third-order valence-corrected chi connectivity index (χ3v) is 3.84. The number of halogens is 2. The van der Waals surface area contributed by atoms with Crippen LogP contribution in [0.5, 0.6) is 0 Å². The molecule has 0 aliphatic rings. The van der Waals surface area contributed by atoms with Gasteiger partial charge in [0.15, 0.2) is 5.78 Å². The molecule has 0 bridgehead atoms. The summed E-state index contributed by atoms with van der Waals surface area (Å²) in [5.41, 5.74) is 7.99. The number of ketones is 1. The van der Waals surface area contributed by atoms with E-state index in [4.69, 9.17) is 5.73 Å². The van der Waals surface area contributed by atoms with Gasteiger partial charge in [0.1, 0.15) is 5.82 Å². The third kappa shape index (κ3) is 3.52. The Morgan fingerprint density at radius 3 is 2.60 bits per heavy atom. The molecule has 0 saturated heterocycles. The van der Waals surface area contributed by atoms with Crippen molar-refractivity contribution in [3.05, 3.63) is 69.4 Å². The molecular formula is C16H15BrFNO. The highest BCUT2D eigenvalue weighted by Gasteiger charge is 2.13. The highest BCUT2D eigenvalue weighted by molar-refractivity contribution is 9.10. The normalized spacial score (nSPS) is 10.6. The van der Waals surface area contributed by atoms with Crippen LogP contribution in [0.3, 0.4) is 0 Å². The molecule has 2 aromatic carbocycles. The summed E-state index contributed by atoms with van der Waals surface area (Å²) in [5, 5.41) is 0. The standard InChI is InChI=1S/C16H15BrFNO/c17-15-10-13(18)6-5-12(15)9-16(20)14-4-2-1-3-11(14)7-8-19/h1-6,10H,7-9,19H2. The van der Waals surface area contributed by atoms with Crippen LogP contribution < -0.4 is 5.73 Å². The van der Waals surface area contributed by atoms with Crippen molar-refractivity contribution in [1.29, 1.82) is 0 Å². The van der Waals surface area contributed by atoms with E-state index in [1.807, 2.05) is 24.3 Å². The number of hydrogen-bond donors (Lipinski definition) is 1. The van der Waals surface area contributed by atoms with Crippen LogP contribution in [-0.4, -0.2) is 12.3 Å². The van der Waals surface area contributed by atoms with Gasteiger partial charge in [-0.25, -0.2) is 4.39 Å². The van der Waals surface area contributed by atoms with Crippen molar-refractivity contribution in [2.24, 2.45) is 5.73 Å². The monoisotopic (exact) mass is 335 g/mol. The molecule has 0 aliphatic heterocycles. The molecule has 0 spiro atoms. The van der Waals surface area contributed by atoms with Gasteiger partial charge in [-0.3, -0.25) is 4.79 Å². The SMILES string of the molecule is NCCc1ccccc1C(=O)Cc1ccc(F)cc1Br. The first-order valence-corrected chi connectivity index (χ1v) is 7.16. The minimum atomic E-state index is -0.323. The summed E-state index contributed by atoms with van der Waals surface area (Å²) in [4.78, 5) is 12.4. The maximum absolute atomic E-state index is 13.0. The van der Waals surface area contributed by atoms with Crippen molar-refractivity contribution in [3.63, 3.8) is 0 Å². The van der Waals surface area contributed by atoms with E-state index in [0.717, 1.165) is 11.1 Å². The largest absolute Gasteiger partial charge is 0.330 e. The maximum atomic E-state index is 13.0. The number of nitrogens with two attached hydrogens (primary N) is 1. The van der Waals surface area contributed by atoms with Gasteiger partial charge in [-0.15, -0.1) is 0 Å². The zero-order valence-corrected chi connectivity index (χ0v) is 12.5. The minimum absolute atomic E-state index is 0.0151. The van der Waals surface area contributed by atoms with Crippen LogP contribution in [-0.2, 0) is 12.8 Å². The lowest BCUT2D eigenvalue weighted by Gasteiger charge is -2.09. The molecule has 0 aliphatic carbocycles. The quantitative estimate of drug-likeness (QED) is 0.849. The molecule has 0 radical (unpaired) electrons. The predicted molar refractivity (Wildman–Crippen MR) is 81.3 cm³/mol. The second-order valence-corrected chi connectivity index (χ2v) is 5.39. The average Bonchev–Trinajstić information content (AvgIpc) is 2.43. The van der Waals surface area contributed by atoms with E-state index < -0.39 is 0 Å². The molecule has 104 valence electrons. The molecule has 2 N–H and O–H groups in total. The fraction of sp³-hybridized carbons (Fsp3) is 0.188. The van der Waals surface area contributed by atoms with Crippen molar-refractivity contribution in [3.8, 4) is 0 Å². The summed E-state index contributed by atoms with van der Waals surface area (Å²) < 4.78 is 13.7. The predicted octanol–water partition coefficient (Wildman–Crippen LogP) is 3.51. The number of carbonyl (C=O) groups is 1.